The van der Waals surface area contributed by atoms with Crippen LogP contribution in [0.1, 0.15) is 42.5 Å². The highest BCUT2D eigenvalue weighted by atomic mass is 31.2. The van der Waals surface area contributed by atoms with Crippen LogP contribution in [-0.2, 0) is 21.1 Å². The molecule has 4 aromatic rings. The second kappa shape index (κ2) is 12.7. The fourth-order valence-electron chi connectivity index (χ4n) is 3.76. The highest BCUT2D eigenvalue weighted by Gasteiger charge is 2.22. The summed E-state index contributed by atoms with van der Waals surface area (Å²) in [6, 6.07) is 14.3. The second-order valence-corrected chi connectivity index (χ2v) is 11.5. The molecule has 0 aliphatic heterocycles. The minimum Gasteiger partial charge on any atom is -0.457 e. The van der Waals surface area contributed by atoms with Crippen LogP contribution in [0.3, 0.4) is 0 Å². The Hall–Kier alpha value is -4.62. The highest BCUT2D eigenvalue weighted by molar-refractivity contribution is 7.46. The molecule has 2 aromatic carbocycles. The van der Waals surface area contributed by atoms with Crippen LogP contribution in [0.2, 0.25) is 0 Å². The van der Waals surface area contributed by atoms with Crippen LogP contribution in [-0.4, -0.2) is 43.5 Å². The fourth-order valence-corrected chi connectivity index (χ4v) is 4.08. The van der Waals surface area contributed by atoms with Gasteiger partial charge in [-0.1, -0.05) is 32.9 Å². The molecule has 0 unspecified atom stereocenters. The van der Waals surface area contributed by atoms with Gasteiger partial charge in [0, 0.05) is 36.9 Å². The number of ether oxygens (including phenoxy) is 1. The molecule has 0 fully saturated rings. The van der Waals surface area contributed by atoms with E-state index >= 15 is 0 Å². The zero-order chi connectivity index (χ0) is 31.4. The number of phosphoric ester groups is 1. The van der Waals surface area contributed by atoms with Gasteiger partial charge in [-0.05, 0) is 35.9 Å². The molecule has 4 rings (SSSR count). The minimum absolute atomic E-state index is 0.121. The Labute approximate surface area is 246 Å². The first-order chi connectivity index (χ1) is 20.2. The van der Waals surface area contributed by atoms with E-state index in [1.165, 1.54) is 42.2 Å². The number of nitrogens with one attached hydrogen (secondary N) is 3. The Bertz CT molecular complexity index is 1700. The second-order valence-electron chi connectivity index (χ2n) is 10.3. The number of rotatable bonds is 9. The molecule has 226 valence electrons. The molecule has 0 aliphatic rings. The maximum absolute atomic E-state index is 14.9. The zero-order valence-corrected chi connectivity index (χ0v) is 24.6. The third-order valence-corrected chi connectivity index (χ3v) is 6.35. The van der Waals surface area contributed by atoms with Crippen LogP contribution in [0.25, 0.3) is 5.69 Å². The van der Waals surface area contributed by atoms with Crippen LogP contribution in [0, 0.1) is 5.82 Å². The summed E-state index contributed by atoms with van der Waals surface area (Å²) < 4.78 is 37.7. The first-order valence-corrected chi connectivity index (χ1v) is 14.4. The first-order valence-electron chi connectivity index (χ1n) is 12.9. The van der Waals surface area contributed by atoms with Gasteiger partial charge in [0.05, 0.1) is 23.7 Å². The molecule has 0 saturated heterocycles. The number of carbonyl (C=O) groups excluding carboxylic acids is 2. The Morgan fingerprint density at radius 1 is 1.02 bits per heavy atom. The van der Waals surface area contributed by atoms with Crippen molar-refractivity contribution in [2.45, 2.75) is 32.8 Å². The number of urea groups is 1. The molecule has 13 nitrogen and oxygen atoms in total. The number of nitrogens with zero attached hydrogens (tertiary/aromatic N) is 3. The summed E-state index contributed by atoms with van der Waals surface area (Å²) in [7, 11) is -3.20. The predicted octanol–water partition coefficient (Wildman–Crippen LogP) is 5.11. The van der Waals surface area contributed by atoms with Crippen LogP contribution < -0.4 is 20.7 Å². The number of pyridine rings is 1. The Balaban J connectivity index is 1.51. The molecule has 3 amide bonds. The molecule has 0 atom stereocenters. The van der Waals surface area contributed by atoms with E-state index in [0.717, 1.165) is 6.07 Å². The molecule has 5 N–H and O–H groups in total. The lowest BCUT2D eigenvalue weighted by molar-refractivity contribution is 0.0957. The molecule has 43 heavy (non-hydrogen) atoms. The fraction of sp³-hybridized carbons (Fsp3) is 0.214. The number of hydrogen-bond donors (Lipinski definition) is 5. The van der Waals surface area contributed by atoms with Crippen molar-refractivity contribution in [2.75, 3.05) is 17.7 Å². The van der Waals surface area contributed by atoms with Gasteiger partial charge in [0.1, 0.15) is 28.8 Å². The number of hydrogen-bond acceptors (Lipinski definition) is 7. The van der Waals surface area contributed by atoms with Gasteiger partial charge in [0.25, 0.3) is 5.91 Å². The van der Waals surface area contributed by atoms with Gasteiger partial charge in [-0.2, -0.15) is 5.10 Å². The van der Waals surface area contributed by atoms with Gasteiger partial charge in [0.2, 0.25) is 0 Å². The normalized spacial score (nSPS) is 11.6. The quantitative estimate of drug-likeness (QED) is 0.161. The van der Waals surface area contributed by atoms with Crippen molar-refractivity contribution >= 4 is 31.3 Å². The van der Waals surface area contributed by atoms with E-state index in [-0.39, 0.29) is 35.3 Å². The van der Waals surface area contributed by atoms with Crippen molar-refractivity contribution in [2.24, 2.45) is 0 Å². The summed E-state index contributed by atoms with van der Waals surface area (Å²) in [5.41, 5.74) is 1.21. The lowest BCUT2D eigenvalue weighted by atomic mass is 9.92. The Morgan fingerprint density at radius 2 is 1.77 bits per heavy atom. The van der Waals surface area contributed by atoms with E-state index in [9.17, 15) is 18.5 Å². The van der Waals surface area contributed by atoms with Crippen molar-refractivity contribution in [1.82, 2.24) is 20.1 Å². The lowest BCUT2D eigenvalue weighted by Gasteiger charge is -2.14. The van der Waals surface area contributed by atoms with E-state index < -0.39 is 31.0 Å². The van der Waals surface area contributed by atoms with Gasteiger partial charge in [-0.25, -0.2) is 18.4 Å². The van der Waals surface area contributed by atoms with Gasteiger partial charge >= 0.3 is 13.9 Å². The number of anilines is 2. The highest BCUT2D eigenvalue weighted by Crippen LogP contribution is 2.37. The Kier molecular flexibility index (Phi) is 9.26. The van der Waals surface area contributed by atoms with E-state index in [4.69, 9.17) is 14.5 Å². The van der Waals surface area contributed by atoms with Gasteiger partial charge in [-0.3, -0.25) is 19.6 Å². The minimum atomic E-state index is -4.67. The van der Waals surface area contributed by atoms with Gasteiger partial charge in [-0.15, -0.1) is 0 Å². The van der Waals surface area contributed by atoms with E-state index in [2.05, 4.69) is 30.6 Å². The van der Waals surface area contributed by atoms with E-state index in [1.54, 1.807) is 30.3 Å². The van der Waals surface area contributed by atoms with Crippen LogP contribution in [0.5, 0.6) is 11.5 Å². The van der Waals surface area contributed by atoms with Crippen molar-refractivity contribution in [1.29, 1.82) is 0 Å². The monoisotopic (exact) mass is 612 g/mol. The molecule has 0 bridgehead atoms. The standard InChI is InChI=1S/C28H30FN6O7P/c1-28(2,3)24-15-25(35(34-24)18-7-5-6-17(12-18)16-41-43(38,39)40)33-27(37)32-22-9-8-19(13-21(22)29)42-20-10-11-31-23(14-20)26(36)30-4/h5-15H,16H2,1-4H3,(H,30,36)(H2,32,33,37)(H2,38,39,40). The van der Waals surface area contributed by atoms with Crippen molar-refractivity contribution in [3.05, 3.63) is 89.6 Å². The van der Waals surface area contributed by atoms with Crippen LogP contribution in [0.15, 0.2) is 66.9 Å². The molecule has 2 heterocycles. The van der Waals surface area contributed by atoms with Crippen molar-refractivity contribution < 1.29 is 37.6 Å². The van der Waals surface area contributed by atoms with Crippen LogP contribution in [0.4, 0.5) is 20.7 Å². The number of amides is 3. The molecule has 0 saturated carbocycles. The van der Waals surface area contributed by atoms with Gasteiger partial charge in [0.15, 0.2) is 0 Å². The first kappa shape index (κ1) is 31.3. The lowest BCUT2D eigenvalue weighted by Crippen LogP contribution is -2.22. The number of halogens is 1. The van der Waals surface area contributed by atoms with E-state index in [0.29, 0.717) is 16.9 Å². The third kappa shape index (κ3) is 8.46. The molecule has 0 radical (unpaired) electrons. The summed E-state index contributed by atoms with van der Waals surface area (Å²) >= 11 is 0. The molecule has 0 spiro atoms. The largest absolute Gasteiger partial charge is 0.469 e. The smallest absolute Gasteiger partial charge is 0.457 e. The number of carbonyl (C=O) groups is 2. The van der Waals surface area contributed by atoms with Crippen molar-refractivity contribution in [3.8, 4) is 17.2 Å². The van der Waals surface area contributed by atoms with Crippen molar-refractivity contribution in [3.63, 3.8) is 0 Å². The van der Waals surface area contributed by atoms with Crippen LogP contribution >= 0.6 is 7.82 Å². The number of benzene rings is 2. The topological polar surface area (TPSA) is 177 Å². The average Bonchev–Trinajstić information content (AvgIpc) is 3.37. The molecule has 0 aliphatic carbocycles. The maximum atomic E-state index is 14.9. The summed E-state index contributed by atoms with van der Waals surface area (Å²) in [5, 5.41) is 12.2. The zero-order valence-electron chi connectivity index (χ0n) is 23.7. The maximum Gasteiger partial charge on any atom is 0.469 e. The summed E-state index contributed by atoms with van der Waals surface area (Å²) in [4.78, 5) is 46.8. The number of aromatic nitrogens is 3. The Morgan fingerprint density at radius 3 is 2.44 bits per heavy atom. The summed E-state index contributed by atoms with van der Waals surface area (Å²) in [5.74, 6) is -0.505. The number of phosphoric acid groups is 1. The SMILES string of the molecule is CNC(=O)c1cc(Oc2ccc(NC(=O)Nc3cc(C(C)(C)C)nn3-c3cccc(COP(=O)(O)O)c3)c(F)c2)ccn1. The molecular formula is C28H30FN6O7P. The average molecular weight is 613 g/mol. The molecule has 2 aromatic heterocycles. The van der Waals surface area contributed by atoms with E-state index in [1.807, 2.05) is 20.8 Å². The predicted molar refractivity (Wildman–Crippen MR) is 156 cm³/mol. The molecule has 15 heteroatoms. The molecular weight excluding hydrogens is 582 g/mol. The third-order valence-electron chi connectivity index (χ3n) is 5.89. The summed E-state index contributed by atoms with van der Waals surface area (Å²) in [6.45, 7) is 5.48. The summed E-state index contributed by atoms with van der Waals surface area (Å²) in [6.07, 6.45) is 1.39. The van der Waals surface area contributed by atoms with Gasteiger partial charge < -0.3 is 25.2 Å².